The Morgan fingerprint density at radius 2 is 1.78 bits per heavy atom. The predicted octanol–water partition coefficient (Wildman–Crippen LogP) is 4.38. The van der Waals surface area contributed by atoms with E-state index in [9.17, 15) is 22.8 Å². The van der Waals surface area contributed by atoms with Crippen LogP contribution in [0.25, 0.3) is 16.5 Å². The third-order valence-corrected chi connectivity index (χ3v) is 4.40. The summed E-state index contributed by atoms with van der Waals surface area (Å²) in [6.45, 7) is 1.38. The monoisotopic (exact) mass is 394 g/mol. The van der Waals surface area contributed by atoms with Crippen molar-refractivity contribution in [3.05, 3.63) is 75.7 Å². The SMILES string of the molecule is CC(NC(=O)C(F)(F)F)c1cc2cccc(Cl)c2c(=O)n1-c1ccccc1. The first-order valence-corrected chi connectivity index (χ1v) is 8.35. The van der Waals surface area contributed by atoms with Gasteiger partial charge < -0.3 is 5.32 Å². The number of para-hydroxylation sites is 1. The number of hydrogen-bond donors (Lipinski definition) is 1. The molecule has 1 amide bonds. The zero-order valence-corrected chi connectivity index (χ0v) is 14.8. The normalized spacial score (nSPS) is 12.8. The van der Waals surface area contributed by atoms with Crippen molar-refractivity contribution in [1.82, 2.24) is 9.88 Å². The highest BCUT2D eigenvalue weighted by atomic mass is 35.5. The Balaban J connectivity index is 2.25. The van der Waals surface area contributed by atoms with Gasteiger partial charge >= 0.3 is 12.1 Å². The molecule has 0 spiro atoms. The number of pyridine rings is 1. The van der Waals surface area contributed by atoms with E-state index >= 15 is 0 Å². The molecule has 0 radical (unpaired) electrons. The van der Waals surface area contributed by atoms with Gasteiger partial charge in [-0.2, -0.15) is 13.2 Å². The third-order valence-electron chi connectivity index (χ3n) is 4.09. The fourth-order valence-electron chi connectivity index (χ4n) is 2.85. The van der Waals surface area contributed by atoms with Crippen LogP contribution in [0.3, 0.4) is 0 Å². The maximum Gasteiger partial charge on any atom is 0.471 e. The third kappa shape index (κ3) is 3.68. The fraction of sp³-hybridized carbons (Fsp3) is 0.158. The molecule has 0 aliphatic rings. The van der Waals surface area contributed by atoms with Gasteiger partial charge in [0.05, 0.1) is 16.5 Å². The van der Waals surface area contributed by atoms with Crippen LogP contribution < -0.4 is 10.9 Å². The van der Waals surface area contributed by atoms with E-state index in [0.29, 0.717) is 11.1 Å². The Labute approximate surface area is 157 Å². The molecule has 27 heavy (non-hydrogen) atoms. The summed E-state index contributed by atoms with van der Waals surface area (Å²) in [5.41, 5.74) is 0.179. The first-order valence-electron chi connectivity index (χ1n) is 7.97. The molecule has 140 valence electrons. The van der Waals surface area contributed by atoms with Crippen LogP contribution in [0.4, 0.5) is 13.2 Å². The van der Waals surface area contributed by atoms with Gasteiger partial charge in [-0.3, -0.25) is 14.2 Å². The molecule has 3 rings (SSSR count). The van der Waals surface area contributed by atoms with Crippen molar-refractivity contribution in [1.29, 1.82) is 0 Å². The second-order valence-corrected chi connectivity index (χ2v) is 6.35. The largest absolute Gasteiger partial charge is 0.471 e. The molecule has 0 fully saturated rings. The molecule has 0 saturated carbocycles. The van der Waals surface area contributed by atoms with Crippen molar-refractivity contribution in [2.24, 2.45) is 0 Å². The second-order valence-electron chi connectivity index (χ2n) is 5.94. The Hall–Kier alpha value is -2.80. The smallest absolute Gasteiger partial charge is 0.340 e. The average molecular weight is 395 g/mol. The quantitative estimate of drug-likeness (QED) is 0.716. The number of nitrogens with one attached hydrogen (secondary N) is 1. The summed E-state index contributed by atoms with van der Waals surface area (Å²) >= 11 is 6.17. The van der Waals surface area contributed by atoms with Crippen molar-refractivity contribution in [3.8, 4) is 5.69 Å². The first-order chi connectivity index (χ1) is 12.7. The van der Waals surface area contributed by atoms with Crippen LogP contribution >= 0.6 is 11.6 Å². The van der Waals surface area contributed by atoms with Crippen molar-refractivity contribution >= 4 is 28.3 Å². The molecule has 4 nitrogen and oxygen atoms in total. The van der Waals surface area contributed by atoms with E-state index in [1.165, 1.54) is 11.5 Å². The molecule has 8 heteroatoms. The Morgan fingerprint density at radius 3 is 2.41 bits per heavy atom. The number of rotatable bonds is 3. The maximum atomic E-state index is 13.1. The van der Waals surface area contributed by atoms with Gasteiger partial charge in [0.2, 0.25) is 0 Å². The number of benzene rings is 2. The molecule has 0 saturated heterocycles. The minimum Gasteiger partial charge on any atom is -0.340 e. The molecule has 1 unspecified atom stereocenters. The summed E-state index contributed by atoms with van der Waals surface area (Å²) < 4.78 is 39.2. The van der Waals surface area contributed by atoms with Crippen molar-refractivity contribution in [2.75, 3.05) is 0 Å². The summed E-state index contributed by atoms with van der Waals surface area (Å²) in [6, 6.07) is 13.7. The van der Waals surface area contributed by atoms with Crippen LogP contribution in [0.1, 0.15) is 18.7 Å². The standard InChI is InChI=1S/C19H14ClF3N2O2/c1-11(24-18(27)19(21,22)23)15-10-12-6-5-9-14(20)16(12)17(26)25(15)13-7-3-2-4-8-13/h2-11H,1H3,(H,24,27). The highest BCUT2D eigenvalue weighted by Crippen LogP contribution is 2.26. The van der Waals surface area contributed by atoms with E-state index in [-0.39, 0.29) is 16.1 Å². The van der Waals surface area contributed by atoms with Crippen LogP contribution in [0.15, 0.2) is 59.4 Å². The zero-order chi connectivity index (χ0) is 19.8. The molecule has 1 heterocycles. The summed E-state index contributed by atoms with van der Waals surface area (Å²) in [7, 11) is 0. The van der Waals surface area contributed by atoms with Crippen LogP contribution in [0.5, 0.6) is 0 Å². The molecule has 3 aromatic rings. The summed E-state index contributed by atoms with van der Waals surface area (Å²) in [5.74, 6) is -2.08. The number of carbonyl (C=O) groups is 1. The van der Waals surface area contributed by atoms with Crippen LogP contribution in [-0.4, -0.2) is 16.7 Å². The Bertz CT molecular complexity index is 1060. The van der Waals surface area contributed by atoms with Gasteiger partial charge in [0.1, 0.15) is 0 Å². The van der Waals surface area contributed by atoms with Gasteiger partial charge in [-0.1, -0.05) is 41.9 Å². The van der Waals surface area contributed by atoms with Crippen molar-refractivity contribution in [3.63, 3.8) is 0 Å². The molecule has 1 atom stereocenters. The van der Waals surface area contributed by atoms with Gasteiger partial charge in [-0.05, 0) is 36.6 Å². The van der Waals surface area contributed by atoms with Gasteiger partial charge in [-0.25, -0.2) is 0 Å². The summed E-state index contributed by atoms with van der Waals surface area (Å²) in [6.07, 6.45) is -5.02. The lowest BCUT2D eigenvalue weighted by Crippen LogP contribution is -2.39. The van der Waals surface area contributed by atoms with E-state index in [0.717, 1.165) is 0 Å². The molecular weight excluding hydrogens is 381 g/mol. The van der Waals surface area contributed by atoms with E-state index in [4.69, 9.17) is 11.6 Å². The van der Waals surface area contributed by atoms with E-state index in [2.05, 4.69) is 0 Å². The molecular formula is C19H14ClF3N2O2. The number of carbonyl (C=O) groups excluding carboxylic acids is 1. The number of halogens is 4. The molecule has 1 aromatic heterocycles. The van der Waals surface area contributed by atoms with Gasteiger partial charge in [0.15, 0.2) is 0 Å². The molecule has 0 aliphatic carbocycles. The molecule has 0 aliphatic heterocycles. The van der Waals surface area contributed by atoms with Crippen LogP contribution in [-0.2, 0) is 4.79 Å². The van der Waals surface area contributed by atoms with E-state index in [1.807, 2.05) is 5.32 Å². The topological polar surface area (TPSA) is 51.1 Å². The number of alkyl halides is 3. The number of aromatic nitrogens is 1. The highest BCUT2D eigenvalue weighted by molar-refractivity contribution is 6.35. The number of hydrogen-bond acceptors (Lipinski definition) is 2. The lowest BCUT2D eigenvalue weighted by molar-refractivity contribution is -0.174. The number of amides is 1. The summed E-state index contributed by atoms with van der Waals surface area (Å²) in [5, 5.41) is 2.86. The van der Waals surface area contributed by atoms with Crippen molar-refractivity contribution in [2.45, 2.75) is 19.1 Å². The predicted molar refractivity (Wildman–Crippen MR) is 97.2 cm³/mol. The second kappa shape index (κ2) is 7.08. The van der Waals surface area contributed by atoms with E-state index in [1.54, 1.807) is 54.6 Å². The maximum absolute atomic E-state index is 13.1. The van der Waals surface area contributed by atoms with Crippen LogP contribution in [0.2, 0.25) is 5.02 Å². The Kier molecular flexibility index (Phi) is 4.97. The van der Waals surface area contributed by atoms with Crippen molar-refractivity contribution < 1.29 is 18.0 Å². The minimum atomic E-state index is -5.02. The molecule has 2 aromatic carbocycles. The Morgan fingerprint density at radius 1 is 1.11 bits per heavy atom. The van der Waals surface area contributed by atoms with Gasteiger partial charge in [-0.15, -0.1) is 0 Å². The lowest BCUT2D eigenvalue weighted by Gasteiger charge is -2.21. The fourth-order valence-corrected chi connectivity index (χ4v) is 3.12. The summed E-state index contributed by atoms with van der Waals surface area (Å²) in [4.78, 5) is 24.5. The first kappa shape index (κ1) is 19.0. The minimum absolute atomic E-state index is 0.207. The van der Waals surface area contributed by atoms with E-state index < -0.39 is 23.7 Å². The number of fused-ring (bicyclic) bond motifs is 1. The molecule has 0 bridgehead atoms. The van der Waals surface area contributed by atoms with Crippen LogP contribution in [0, 0.1) is 0 Å². The number of nitrogens with zero attached hydrogens (tertiary/aromatic N) is 1. The zero-order valence-electron chi connectivity index (χ0n) is 14.0. The molecule has 1 N–H and O–H groups in total. The average Bonchev–Trinajstić information content (AvgIpc) is 2.61. The highest BCUT2D eigenvalue weighted by Gasteiger charge is 2.39. The van der Waals surface area contributed by atoms with Gasteiger partial charge in [0, 0.05) is 11.4 Å². The lowest BCUT2D eigenvalue weighted by atomic mass is 10.1. The van der Waals surface area contributed by atoms with Gasteiger partial charge in [0.25, 0.3) is 5.56 Å².